The summed E-state index contributed by atoms with van der Waals surface area (Å²) >= 11 is 0. The molecule has 1 rings (SSSR count). The first kappa shape index (κ1) is 20.0. The summed E-state index contributed by atoms with van der Waals surface area (Å²) in [6.07, 6.45) is 15.7. The summed E-state index contributed by atoms with van der Waals surface area (Å²) in [7, 11) is 0. The third-order valence-corrected chi connectivity index (χ3v) is 5.02. The van der Waals surface area contributed by atoms with Gasteiger partial charge in [-0.1, -0.05) is 84.0 Å². The molecule has 0 aromatic heterocycles. The van der Waals surface area contributed by atoms with Crippen LogP contribution in [0.1, 0.15) is 96.8 Å². The van der Waals surface area contributed by atoms with E-state index in [2.05, 4.69) is 6.92 Å². The van der Waals surface area contributed by atoms with E-state index in [0.29, 0.717) is 12.8 Å². The zero-order chi connectivity index (χ0) is 17.0. The molecule has 0 spiro atoms. The van der Waals surface area contributed by atoms with Crippen molar-refractivity contribution in [3.8, 4) is 0 Å². The van der Waals surface area contributed by atoms with E-state index in [-0.39, 0.29) is 6.61 Å². The normalized spacial score (nSPS) is 20.7. The predicted octanol–water partition coefficient (Wildman–Crippen LogP) is 5.10. The van der Waals surface area contributed by atoms with Crippen molar-refractivity contribution in [1.29, 1.82) is 0 Å². The highest BCUT2D eigenvalue weighted by atomic mass is 16.5. The minimum absolute atomic E-state index is 0.253. The SMILES string of the molecule is CCCCCCCCCCCCCC[C@]1(C(=O)O)CCOC1=O. The Labute approximate surface area is 141 Å². The van der Waals surface area contributed by atoms with Gasteiger partial charge in [0.25, 0.3) is 0 Å². The molecule has 134 valence electrons. The van der Waals surface area contributed by atoms with Gasteiger partial charge in [-0.3, -0.25) is 9.59 Å². The molecule has 4 heteroatoms. The molecule has 4 nitrogen and oxygen atoms in total. The highest BCUT2D eigenvalue weighted by Crippen LogP contribution is 2.36. The minimum atomic E-state index is -1.25. The standard InChI is InChI=1S/C19H34O4/c1-2-3-4-5-6-7-8-9-10-11-12-13-14-19(17(20)21)15-16-23-18(19)22/h2-16H2,1H3,(H,20,21)/t19-/m1/s1. The topological polar surface area (TPSA) is 63.6 Å². The Morgan fingerprint density at radius 1 is 0.957 bits per heavy atom. The average Bonchev–Trinajstić information content (AvgIpc) is 2.90. The maximum Gasteiger partial charge on any atom is 0.323 e. The molecular formula is C19H34O4. The quantitative estimate of drug-likeness (QED) is 0.274. The van der Waals surface area contributed by atoms with Gasteiger partial charge in [-0.05, 0) is 6.42 Å². The number of aliphatic carboxylic acids is 1. The van der Waals surface area contributed by atoms with Crippen LogP contribution in [0.3, 0.4) is 0 Å². The number of unbranched alkanes of at least 4 members (excludes halogenated alkanes) is 11. The van der Waals surface area contributed by atoms with Gasteiger partial charge in [-0.2, -0.15) is 0 Å². The number of carbonyl (C=O) groups is 2. The molecule has 0 aliphatic carbocycles. The molecule has 0 radical (unpaired) electrons. The molecule has 1 N–H and O–H groups in total. The Morgan fingerprint density at radius 3 is 1.83 bits per heavy atom. The maximum atomic E-state index is 11.7. The number of ether oxygens (including phenoxy) is 1. The summed E-state index contributed by atoms with van der Waals surface area (Å²) in [6.45, 7) is 2.50. The second-order valence-electron chi connectivity index (χ2n) is 6.91. The van der Waals surface area contributed by atoms with Crippen molar-refractivity contribution in [3.05, 3.63) is 0 Å². The molecule has 1 saturated heterocycles. The summed E-state index contributed by atoms with van der Waals surface area (Å²) in [5, 5.41) is 9.31. The molecule has 1 aliphatic rings. The van der Waals surface area contributed by atoms with Crippen LogP contribution in [0.15, 0.2) is 0 Å². The summed E-state index contributed by atoms with van der Waals surface area (Å²) in [5.41, 5.74) is -1.25. The maximum absolute atomic E-state index is 11.7. The predicted molar refractivity (Wildman–Crippen MR) is 91.3 cm³/mol. The van der Waals surface area contributed by atoms with Gasteiger partial charge in [0.15, 0.2) is 5.41 Å². The largest absolute Gasteiger partial charge is 0.480 e. The van der Waals surface area contributed by atoms with Crippen LogP contribution >= 0.6 is 0 Å². The lowest BCUT2D eigenvalue weighted by Crippen LogP contribution is -2.35. The van der Waals surface area contributed by atoms with Crippen molar-refractivity contribution in [3.63, 3.8) is 0 Å². The van der Waals surface area contributed by atoms with Crippen LogP contribution in [0, 0.1) is 5.41 Å². The number of hydrogen-bond acceptors (Lipinski definition) is 3. The second-order valence-corrected chi connectivity index (χ2v) is 6.91. The van der Waals surface area contributed by atoms with Crippen molar-refractivity contribution >= 4 is 11.9 Å². The molecule has 1 heterocycles. The Hall–Kier alpha value is -1.06. The number of carboxylic acids is 1. The molecule has 0 bridgehead atoms. The Bertz CT molecular complexity index is 353. The average molecular weight is 326 g/mol. The first-order valence-electron chi connectivity index (χ1n) is 9.54. The summed E-state index contributed by atoms with van der Waals surface area (Å²) in [4.78, 5) is 23.0. The van der Waals surface area contributed by atoms with Gasteiger partial charge in [0.05, 0.1) is 6.61 Å². The van der Waals surface area contributed by atoms with Gasteiger partial charge >= 0.3 is 11.9 Å². The highest BCUT2D eigenvalue weighted by molar-refractivity contribution is 6.00. The number of hydrogen-bond donors (Lipinski definition) is 1. The van der Waals surface area contributed by atoms with Crippen LogP contribution in [-0.4, -0.2) is 23.7 Å². The number of rotatable bonds is 14. The lowest BCUT2D eigenvalue weighted by molar-refractivity contribution is -0.161. The number of cyclic esters (lactones) is 1. The molecule has 23 heavy (non-hydrogen) atoms. The number of carboxylic acid groups (broad SMARTS) is 1. The molecule has 1 aliphatic heterocycles. The van der Waals surface area contributed by atoms with E-state index in [9.17, 15) is 14.7 Å². The van der Waals surface area contributed by atoms with Crippen molar-refractivity contribution in [2.24, 2.45) is 5.41 Å². The Kier molecular flexibility index (Phi) is 9.97. The van der Waals surface area contributed by atoms with Gasteiger partial charge in [0.1, 0.15) is 0 Å². The Morgan fingerprint density at radius 2 is 1.43 bits per heavy atom. The molecule has 0 saturated carbocycles. The third-order valence-electron chi connectivity index (χ3n) is 5.02. The van der Waals surface area contributed by atoms with Crippen LogP contribution in [0.2, 0.25) is 0 Å². The van der Waals surface area contributed by atoms with Gasteiger partial charge in [-0.25, -0.2) is 0 Å². The smallest absolute Gasteiger partial charge is 0.323 e. The van der Waals surface area contributed by atoms with Crippen LogP contribution in [0.4, 0.5) is 0 Å². The summed E-state index contributed by atoms with van der Waals surface area (Å²) in [5.74, 6) is -1.55. The van der Waals surface area contributed by atoms with Crippen LogP contribution in [0.25, 0.3) is 0 Å². The van der Waals surface area contributed by atoms with E-state index in [1.807, 2.05) is 0 Å². The summed E-state index contributed by atoms with van der Waals surface area (Å²) < 4.78 is 4.87. The highest BCUT2D eigenvalue weighted by Gasteiger charge is 2.50. The zero-order valence-corrected chi connectivity index (χ0v) is 14.8. The van der Waals surface area contributed by atoms with E-state index in [1.54, 1.807) is 0 Å². The molecule has 1 fully saturated rings. The fourth-order valence-electron chi connectivity index (χ4n) is 3.35. The van der Waals surface area contributed by atoms with E-state index < -0.39 is 17.4 Å². The van der Waals surface area contributed by atoms with Crippen LogP contribution < -0.4 is 0 Å². The van der Waals surface area contributed by atoms with E-state index in [1.165, 1.54) is 57.8 Å². The minimum Gasteiger partial charge on any atom is -0.480 e. The van der Waals surface area contributed by atoms with Crippen molar-refractivity contribution in [2.45, 2.75) is 96.8 Å². The molecule has 0 unspecified atom stereocenters. The number of carbonyl (C=O) groups excluding carboxylic acids is 1. The number of esters is 1. The second kappa shape index (κ2) is 11.5. The first-order chi connectivity index (χ1) is 11.1. The zero-order valence-electron chi connectivity index (χ0n) is 14.8. The van der Waals surface area contributed by atoms with E-state index in [0.717, 1.165) is 19.3 Å². The van der Waals surface area contributed by atoms with Crippen LogP contribution in [0.5, 0.6) is 0 Å². The molecule has 1 atom stereocenters. The van der Waals surface area contributed by atoms with Crippen molar-refractivity contribution < 1.29 is 19.4 Å². The molecule has 0 aromatic rings. The van der Waals surface area contributed by atoms with Crippen LogP contribution in [-0.2, 0) is 14.3 Å². The van der Waals surface area contributed by atoms with Crippen molar-refractivity contribution in [2.75, 3.05) is 6.61 Å². The molecular weight excluding hydrogens is 292 g/mol. The lowest BCUT2D eigenvalue weighted by atomic mass is 9.81. The first-order valence-corrected chi connectivity index (χ1v) is 9.54. The molecule has 0 amide bonds. The van der Waals surface area contributed by atoms with Gasteiger partial charge < -0.3 is 9.84 Å². The van der Waals surface area contributed by atoms with E-state index in [4.69, 9.17) is 4.74 Å². The molecule has 0 aromatic carbocycles. The fourth-order valence-corrected chi connectivity index (χ4v) is 3.35. The monoisotopic (exact) mass is 326 g/mol. The lowest BCUT2D eigenvalue weighted by Gasteiger charge is -2.18. The van der Waals surface area contributed by atoms with Gasteiger partial charge in [0, 0.05) is 6.42 Å². The fraction of sp³-hybridized carbons (Fsp3) is 0.895. The van der Waals surface area contributed by atoms with Gasteiger partial charge in [-0.15, -0.1) is 0 Å². The van der Waals surface area contributed by atoms with Crippen molar-refractivity contribution in [1.82, 2.24) is 0 Å². The third kappa shape index (κ3) is 6.92. The van der Waals surface area contributed by atoms with Gasteiger partial charge in [0.2, 0.25) is 0 Å². The summed E-state index contributed by atoms with van der Waals surface area (Å²) in [6, 6.07) is 0. The van der Waals surface area contributed by atoms with E-state index >= 15 is 0 Å². The Balaban J connectivity index is 1.97.